The van der Waals surface area contributed by atoms with Gasteiger partial charge in [0.1, 0.15) is 5.69 Å². The van der Waals surface area contributed by atoms with Crippen LogP contribution in [0, 0.1) is 12.3 Å². The normalized spacial score (nSPS) is 14.4. The van der Waals surface area contributed by atoms with Crippen LogP contribution in [0.3, 0.4) is 0 Å². The predicted octanol–water partition coefficient (Wildman–Crippen LogP) is 2.57. The van der Waals surface area contributed by atoms with E-state index in [1.54, 1.807) is 11.0 Å². The number of carbonyl (C=O) groups is 1. The van der Waals surface area contributed by atoms with Crippen LogP contribution in [0.25, 0.3) is 0 Å². The summed E-state index contributed by atoms with van der Waals surface area (Å²) < 4.78 is 1.98. The van der Waals surface area contributed by atoms with Crippen LogP contribution in [0.2, 0.25) is 5.02 Å². The molecular weight excluding hydrogens is 236 g/mol. The van der Waals surface area contributed by atoms with Crippen LogP contribution >= 0.6 is 11.6 Å². The fourth-order valence-corrected chi connectivity index (χ4v) is 2.08. The molecule has 17 heavy (non-hydrogen) atoms. The summed E-state index contributed by atoms with van der Waals surface area (Å²) in [6.07, 6.45) is 9.32. The van der Waals surface area contributed by atoms with Gasteiger partial charge in [-0.2, -0.15) is 0 Å². The van der Waals surface area contributed by atoms with Crippen molar-refractivity contribution in [3.05, 3.63) is 23.0 Å². The molecule has 4 heteroatoms. The van der Waals surface area contributed by atoms with Crippen LogP contribution in [-0.2, 0) is 0 Å². The maximum Gasteiger partial charge on any atom is 0.271 e. The third kappa shape index (κ3) is 2.48. The fraction of sp³-hybridized carbons (Fsp3) is 0.462. The molecule has 0 saturated heterocycles. The van der Waals surface area contributed by atoms with Crippen LogP contribution in [0.5, 0.6) is 0 Å². The minimum atomic E-state index is -0.0377. The Hall–Kier alpha value is -1.40. The zero-order chi connectivity index (χ0) is 12.4. The van der Waals surface area contributed by atoms with Gasteiger partial charge in [0.25, 0.3) is 5.91 Å². The minimum Gasteiger partial charge on any atom is -0.339 e. The molecule has 0 unspecified atom stereocenters. The number of terminal acetylenes is 1. The average molecular weight is 251 g/mol. The van der Waals surface area contributed by atoms with Gasteiger partial charge in [-0.25, -0.2) is 0 Å². The van der Waals surface area contributed by atoms with Crippen molar-refractivity contribution in [2.24, 2.45) is 0 Å². The van der Waals surface area contributed by atoms with Gasteiger partial charge >= 0.3 is 0 Å². The molecule has 0 aliphatic heterocycles. The largest absolute Gasteiger partial charge is 0.339 e. The average Bonchev–Trinajstić information content (AvgIpc) is 3.08. The molecule has 90 valence electrons. The smallest absolute Gasteiger partial charge is 0.271 e. The van der Waals surface area contributed by atoms with Gasteiger partial charge in [0.2, 0.25) is 0 Å². The molecule has 0 N–H and O–H groups in total. The van der Waals surface area contributed by atoms with Crippen molar-refractivity contribution in [2.75, 3.05) is 13.1 Å². The first-order valence-corrected chi connectivity index (χ1v) is 6.15. The molecular formula is C13H15ClN2O. The topological polar surface area (TPSA) is 25.2 Å². The van der Waals surface area contributed by atoms with E-state index in [-0.39, 0.29) is 5.91 Å². The highest BCUT2D eigenvalue weighted by molar-refractivity contribution is 6.31. The zero-order valence-corrected chi connectivity index (χ0v) is 10.6. The van der Waals surface area contributed by atoms with Gasteiger partial charge < -0.3 is 9.47 Å². The Morgan fingerprint density at radius 3 is 2.94 bits per heavy atom. The summed E-state index contributed by atoms with van der Waals surface area (Å²) >= 11 is 5.97. The van der Waals surface area contributed by atoms with Gasteiger partial charge in [0.05, 0.1) is 11.6 Å². The summed E-state index contributed by atoms with van der Waals surface area (Å²) in [7, 11) is 0. The Balaban J connectivity index is 2.26. The highest BCUT2D eigenvalue weighted by atomic mass is 35.5. The molecule has 0 aromatic carbocycles. The van der Waals surface area contributed by atoms with Crippen molar-refractivity contribution in [2.45, 2.75) is 25.8 Å². The Bertz CT molecular complexity index is 468. The maximum atomic E-state index is 12.3. The number of rotatable bonds is 4. The van der Waals surface area contributed by atoms with Gasteiger partial charge in [-0.05, 0) is 25.8 Å². The lowest BCUT2D eigenvalue weighted by atomic mass is 10.3. The molecule has 1 aromatic heterocycles. The number of hydrogen-bond donors (Lipinski definition) is 0. The quantitative estimate of drug-likeness (QED) is 0.754. The maximum absolute atomic E-state index is 12.3. The highest BCUT2D eigenvalue weighted by Crippen LogP contribution is 2.37. The first-order chi connectivity index (χ1) is 8.17. The Labute approximate surface area is 106 Å². The molecule has 0 bridgehead atoms. The van der Waals surface area contributed by atoms with Crippen molar-refractivity contribution < 1.29 is 4.79 Å². The molecule has 0 atom stereocenters. The second-order valence-corrected chi connectivity index (χ2v) is 4.64. The molecule has 2 rings (SSSR count). The lowest BCUT2D eigenvalue weighted by Gasteiger charge is -2.18. The lowest BCUT2D eigenvalue weighted by Crippen LogP contribution is -2.32. The van der Waals surface area contributed by atoms with E-state index in [9.17, 15) is 4.79 Å². The molecule has 1 aromatic rings. The Morgan fingerprint density at radius 2 is 2.41 bits per heavy atom. The molecule has 1 saturated carbocycles. The van der Waals surface area contributed by atoms with E-state index in [4.69, 9.17) is 18.0 Å². The molecule has 0 radical (unpaired) electrons. The van der Waals surface area contributed by atoms with Gasteiger partial charge in [0.15, 0.2) is 0 Å². The molecule has 1 aliphatic rings. The third-order valence-corrected chi connectivity index (χ3v) is 3.13. The van der Waals surface area contributed by atoms with Crippen molar-refractivity contribution in [1.29, 1.82) is 0 Å². The van der Waals surface area contributed by atoms with Gasteiger partial charge in [-0.1, -0.05) is 17.5 Å². The summed E-state index contributed by atoms with van der Waals surface area (Å²) in [5, 5.41) is 0.608. The minimum absolute atomic E-state index is 0.0377. The summed E-state index contributed by atoms with van der Waals surface area (Å²) in [6.45, 7) is 2.86. The molecule has 0 spiro atoms. The monoisotopic (exact) mass is 250 g/mol. The second kappa shape index (κ2) is 4.85. The van der Waals surface area contributed by atoms with Crippen molar-refractivity contribution in [1.82, 2.24) is 9.47 Å². The first-order valence-electron chi connectivity index (χ1n) is 5.77. The fourth-order valence-electron chi connectivity index (χ4n) is 1.87. The summed E-state index contributed by atoms with van der Waals surface area (Å²) in [6, 6.07) is 2.16. The second-order valence-electron chi connectivity index (χ2n) is 4.21. The van der Waals surface area contributed by atoms with Crippen LogP contribution in [-0.4, -0.2) is 28.5 Å². The Kier molecular flexibility index (Phi) is 3.44. The lowest BCUT2D eigenvalue weighted by molar-refractivity contribution is 0.0774. The molecule has 1 amide bonds. The van der Waals surface area contributed by atoms with E-state index in [2.05, 4.69) is 5.92 Å². The van der Waals surface area contributed by atoms with Gasteiger partial charge in [0, 0.05) is 18.8 Å². The van der Waals surface area contributed by atoms with Crippen LogP contribution in [0.4, 0.5) is 0 Å². The number of amides is 1. The van der Waals surface area contributed by atoms with E-state index in [1.165, 1.54) is 0 Å². The van der Waals surface area contributed by atoms with E-state index >= 15 is 0 Å². The van der Waals surface area contributed by atoms with Crippen LogP contribution in [0.15, 0.2) is 12.3 Å². The zero-order valence-electron chi connectivity index (χ0n) is 9.82. The van der Waals surface area contributed by atoms with Crippen LogP contribution < -0.4 is 0 Å². The first kappa shape index (κ1) is 12.1. The predicted molar refractivity (Wildman–Crippen MR) is 68.1 cm³/mol. The van der Waals surface area contributed by atoms with Gasteiger partial charge in [-0.3, -0.25) is 4.79 Å². The van der Waals surface area contributed by atoms with Crippen molar-refractivity contribution in [3.63, 3.8) is 0 Å². The standard InChI is InChI=1S/C13H15ClN2O/c1-3-7-15(4-2)13(17)12-8-10(14)9-16(12)11-5-6-11/h1,8-9,11H,4-7H2,2H3. The van der Waals surface area contributed by atoms with E-state index in [0.29, 0.717) is 29.8 Å². The van der Waals surface area contributed by atoms with Crippen molar-refractivity contribution in [3.8, 4) is 12.3 Å². The summed E-state index contributed by atoms with van der Waals surface area (Å²) in [5.41, 5.74) is 0.648. The number of halogens is 1. The van der Waals surface area contributed by atoms with E-state index in [1.807, 2.05) is 17.7 Å². The summed E-state index contributed by atoms with van der Waals surface area (Å²) in [5.74, 6) is 2.47. The highest BCUT2D eigenvalue weighted by Gasteiger charge is 2.29. The van der Waals surface area contributed by atoms with E-state index in [0.717, 1.165) is 12.8 Å². The third-order valence-electron chi connectivity index (χ3n) is 2.93. The molecule has 1 fully saturated rings. The number of hydrogen-bond acceptors (Lipinski definition) is 1. The summed E-state index contributed by atoms with van der Waals surface area (Å²) in [4.78, 5) is 13.9. The Morgan fingerprint density at radius 1 is 1.71 bits per heavy atom. The SMILES string of the molecule is C#CCN(CC)C(=O)c1cc(Cl)cn1C1CC1. The van der Waals surface area contributed by atoms with Gasteiger partial charge in [-0.15, -0.1) is 6.42 Å². The number of carbonyl (C=O) groups excluding carboxylic acids is 1. The number of nitrogens with zero attached hydrogens (tertiary/aromatic N) is 2. The molecule has 1 heterocycles. The van der Waals surface area contributed by atoms with Crippen molar-refractivity contribution >= 4 is 17.5 Å². The molecule has 1 aliphatic carbocycles. The van der Waals surface area contributed by atoms with E-state index < -0.39 is 0 Å². The number of aromatic nitrogens is 1. The van der Waals surface area contributed by atoms with Crippen LogP contribution in [0.1, 0.15) is 36.3 Å². The molecule has 3 nitrogen and oxygen atoms in total.